The largest absolute Gasteiger partial charge is 0.349 e. The Bertz CT molecular complexity index is 905. The summed E-state index contributed by atoms with van der Waals surface area (Å²) in [6.45, 7) is 5.76. The SMILES string of the molecule is O=C(CN1CCN(Cc2ccccc2)CC1)NCc1csc(-c2ccccc2)n1. The summed E-state index contributed by atoms with van der Waals surface area (Å²) in [5, 5.41) is 6.02. The molecule has 0 aliphatic carbocycles. The fourth-order valence-electron chi connectivity index (χ4n) is 3.50. The molecule has 1 N–H and O–H groups in total. The Morgan fingerprint density at radius 1 is 0.931 bits per heavy atom. The smallest absolute Gasteiger partial charge is 0.234 e. The van der Waals surface area contributed by atoms with Crippen molar-refractivity contribution in [2.24, 2.45) is 0 Å². The van der Waals surface area contributed by atoms with Gasteiger partial charge in [-0.15, -0.1) is 11.3 Å². The number of nitrogens with zero attached hydrogens (tertiary/aromatic N) is 3. The molecule has 2 heterocycles. The number of hydrogen-bond acceptors (Lipinski definition) is 5. The van der Waals surface area contributed by atoms with Crippen molar-refractivity contribution in [2.75, 3.05) is 32.7 Å². The molecule has 0 bridgehead atoms. The molecule has 1 aliphatic heterocycles. The summed E-state index contributed by atoms with van der Waals surface area (Å²) in [6, 6.07) is 20.7. The highest BCUT2D eigenvalue weighted by atomic mass is 32.1. The molecular weight excluding hydrogens is 380 g/mol. The fourth-order valence-corrected chi connectivity index (χ4v) is 4.32. The lowest BCUT2D eigenvalue weighted by molar-refractivity contribution is -0.122. The van der Waals surface area contributed by atoms with Crippen LogP contribution in [0.1, 0.15) is 11.3 Å². The van der Waals surface area contributed by atoms with Crippen LogP contribution in [-0.4, -0.2) is 53.4 Å². The van der Waals surface area contributed by atoms with E-state index in [4.69, 9.17) is 0 Å². The van der Waals surface area contributed by atoms with Gasteiger partial charge in [-0.05, 0) is 5.56 Å². The monoisotopic (exact) mass is 406 g/mol. The van der Waals surface area contributed by atoms with E-state index in [1.54, 1.807) is 11.3 Å². The molecule has 1 amide bonds. The number of benzene rings is 2. The topological polar surface area (TPSA) is 48.5 Å². The van der Waals surface area contributed by atoms with E-state index >= 15 is 0 Å². The third-order valence-corrected chi connectivity index (χ3v) is 6.06. The molecule has 29 heavy (non-hydrogen) atoms. The zero-order valence-electron chi connectivity index (χ0n) is 16.5. The van der Waals surface area contributed by atoms with Gasteiger partial charge in [0.25, 0.3) is 0 Å². The number of carbonyl (C=O) groups excluding carboxylic acids is 1. The Labute approximate surface area is 176 Å². The number of amides is 1. The van der Waals surface area contributed by atoms with E-state index in [-0.39, 0.29) is 5.91 Å². The van der Waals surface area contributed by atoms with E-state index < -0.39 is 0 Å². The first kappa shape index (κ1) is 19.8. The molecule has 1 aliphatic rings. The molecular formula is C23H26N4OS. The van der Waals surface area contributed by atoms with E-state index in [1.807, 2.05) is 29.6 Å². The van der Waals surface area contributed by atoms with Crippen LogP contribution in [0.4, 0.5) is 0 Å². The molecule has 1 fully saturated rings. The Kier molecular flexibility index (Phi) is 6.67. The average molecular weight is 407 g/mol. The van der Waals surface area contributed by atoms with Crippen LogP contribution in [-0.2, 0) is 17.9 Å². The molecule has 5 nitrogen and oxygen atoms in total. The number of hydrogen-bond donors (Lipinski definition) is 1. The van der Waals surface area contributed by atoms with Crippen molar-refractivity contribution in [3.8, 4) is 10.6 Å². The minimum atomic E-state index is 0.0655. The predicted molar refractivity (Wildman–Crippen MR) is 118 cm³/mol. The fraction of sp³-hybridized carbons (Fsp3) is 0.304. The van der Waals surface area contributed by atoms with Crippen molar-refractivity contribution < 1.29 is 4.79 Å². The van der Waals surface area contributed by atoms with Gasteiger partial charge in [-0.25, -0.2) is 4.98 Å². The molecule has 1 aromatic heterocycles. The first-order valence-corrected chi connectivity index (χ1v) is 10.9. The van der Waals surface area contributed by atoms with Crippen LogP contribution in [0, 0.1) is 0 Å². The lowest BCUT2D eigenvalue weighted by Gasteiger charge is -2.34. The van der Waals surface area contributed by atoms with Gasteiger partial charge in [-0.2, -0.15) is 0 Å². The Morgan fingerprint density at radius 2 is 1.59 bits per heavy atom. The molecule has 4 rings (SSSR count). The van der Waals surface area contributed by atoms with Crippen LogP contribution >= 0.6 is 11.3 Å². The highest BCUT2D eigenvalue weighted by molar-refractivity contribution is 7.13. The third-order valence-electron chi connectivity index (χ3n) is 5.12. The van der Waals surface area contributed by atoms with Crippen molar-refractivity contribution >= 4 is 17.2 Å². The molecule has 0 unspecified atom stereocenters. The van der Waals surface area contributed by atoms with Gasteiger partial charge in [0, 0.05) is 43.7 Å². The second kappa shape index (κ2) is 9.78. The number of piperazine rings is 1. The van der Waals surface area contributed by atoms with Gasteiger partial charge in [0.15, 0.2) is 0 Å². The lowest BCUT2D eigenvalue weighted by atomic mass is 10.2. The Balaban J connectivity index is 1.18. The summed E-state index contributed by atoms with van der Waals surface area (Å²) in [7, 11) is 0. The van der Waals surface area contributed by atoms with Crippen molar-refractivity contribution in [3.05, 3.63) is 77.3 Å². The maximum absolute atomic E-state index is 12.3. The van der Waals surface area contributed by atoms with Gasteiger partial charge in [0.05, 0.1) is 18.8 Å². The number of carbonyl (C=O) groups is 1. The molecule has 6 heteroatoms. The number of thiazole rings is 1. The summed E-state index contributed by atoms with van der Waals surface area (Å²) in [5.41, 5.74) is 3.37. The summed E-state index contributed by atoms with van der Waals surface area (Å²) >= 11 is 1.61. The molecule has 0 spiro atoms. The quantitative estimate of drug-likeness (QED) is 0.654. The van der Waals surface area contributed by atoms with Crippen LogP contribution in [0.5, 0.6) is 0 Å². The minimum absolute atomic E-state index is 0.0655. The summed E-state index contributed by atoms with van der Waals surface area (Å²) in [6.07, 6.45) is 0. The molecule has 150 valence electrons. The summed E-state index contributed by atoms with van der Waals surface area (Å²) in [5.74, 6) is 0.0655. The highest BCUT2D eigenvalue weighted by Crippen LogP contribution is 2.23. The Morgan fingerprint density at radius 3 is 2.31 bits per heavy atom. The van der Waals surface area contributed by atoms with E-state index in [1.165, 1.54) is 5.56 Å². The van der Waals surface area contributed by atoms with Gasteiger partial charge in [0.2, 0.25) is 5.91 Å². The first-order valence-electron chi connectivity index (χ1n) is 10.0. The van der Waals surface area contributed by atoms with Gasteiger partial charge < -0.3 is 5.32 Å². The second-order valence-corrected chi connectivity index (χ2v) is 8.18. The van der Waals surface area contributed by atoms with Crippen molar-refractivity contribution in [2.45, 2.75) is 13.1 Å². The number of nitrogens with one attached hydrogen (secondary N) is 1. The van der Waals surface area contributed by atoms with Gasteiger partial charge >= 0.3 is 0 Å². The van der Waals surface area contributed by atoms with Crippen LogP contribution in [0.2, 0.25) is 0 Å². The standard InChI is InChI=1S/C23H26N4OS/c28-22(24-15-21-18-29-23(25-21)20-9-5-2-6-10-20)17-27-13-11-26(12-14-27)16-19-7-3-1-4-8-19/h1-10,18H,11-17H2,(H,24,28). The number of rotatable bonds is 7. The first-order chi connectivity index (χ1) is 14.3. The number of aromatic nitrogens is 1. The van der Waals surface area contributed by atoms with Crippen LogP contribution in [0.15, 0.2) is 66.0 Å². The van der Waals surface area contributed by atoms with Crippen LogP contribution < -0.4 is 5.32 Å². The molecule has 0 radical (unpaired) electrons. The Hall–Kier alpha value is -2.54. The average Bonchev–Trinajstić information content (AvgIpc) is 3.24. The van der Waals surface area contributed by atoms with Crippen LogP contribution in [0.3, 0.4) is 0 Å². The van der Waals surface area contributed by atoms with E-state index in [0.29, 0.717) is 13.1 Å². The minimum Gasteiger partial charge on any atom is -0.349 e. The molecule has 1 saturated heterocycles. The van der Waals surface area contributed by atoms with Crippen LogP contribution in [0.25, 0.3) is 10.6 Å². The van der Waals surface area contributed by atoms with E-state index in [9.17, 15) is 4.79 Å². The van der Waals surface area contributed by atoms with Gasteiger partial charge in [0.1, 0.15) is 5.01 Å². The predicted octanol–water partition coefficient (Wildman–Crippen LogP) is 3.24. The van der Waals surface area contributed by atoms with Crippen molar-refractivity contribution in [1.29, 1.82) is 0 Å². The lowest BCUT2D eigenvalue weighted by Crippen LogP contribution is -2.49. The highest BCUT2D eigenvalue weighted by Gasteiger charge is 2.19. The van der Waals surface area contributed by atoms with E-state index in [0.717, 1.165) is 49.0 Å². The normalized spacial score (nSPS) is 15.3. The van der Waals surface area contributed by atoms with E-state index in [2.05, 4.69) is 56.5 Å². The summed E-state index contributed by atoms with van der Waals surface area (Å²) < 4.78 is 0. The maximum atomic E-state index is 12.3. The molecule has 3 aromatic rings. The van der Waals surface area contributed by atoms with Gasteiger partial charge in [-0.1, -0.05) is 60.7 Å². The zero-order valence-corrected chi connectivity index (χ0v) is 17.3. The van der Waals surface area contributed by atoms with Crippen molar-refractivity contribution in [3.63, 3.8) is 0 Å². The molecule has 0 saturated carbocycles. The second-order valence-electron chi connectivity index (χ2n) is 7.32. The van der Waals surface area contributed by atoms with Crippen molar-refractivity contribution in [1.82, 2.24) is 20.1 Å². The maximum Gasteiger partial charge on any atom is 0.234 e. The third kappa shape index (κ3) is 5.73. The van der Waals surface area contributed by atoms with Gasteiger partial charge in [-0.3, -0.25) is 14.6 Å². The molecule has 2 aromatic carbocycles. The summed E-state index contributed by atoms with van der Waals surface area (Å²) in [4.78, 5) is 21.7. The zero-order chi connectivity index (χ0) is 19.9. The molecule has 0 atom stereocenters.